The normalized spacial score (nSPS) is 10.6. The molecule has 0 saturated carbocycles. The molecule has 1 amide bonds. The molecule has 2 aromatic heterocycles. The highest BCUT2D eigenvalue weighted by Crippen LogP contribution is 2.19. The topological polar surface area (TPSA) is 99.2 Å². The maximum absolute atomic E-state index is 12.3. The van der Waals surface area contributed by atoms with Crippen molar-refractivity contribution in [2.24, 2.45) is 0 Å². The van der Waals surface area contributed by atoms with Crippen LogP contribution in [0, 0.1) is 13.8 Å². The Bertz CT molecular complexity index is 1190. The average molecular weight is 416 g/mol. The van der Waals surface area contributed by atoms with E-state index in [1.54, 1.807) is 12.1 Å². The summed E-state index contributed by atoms with van der Waals surface area (Å²) < 4.78 is 12.6. The molecule has 2 aromatic carbocycles. The first-order valence-electron chi connectivity index (χ1n) is 9.62. The summed E-state index contributed by atoms with van der Waals surface area (Å²) in [7, 11) is 0. The highest BCUT2D eigenvalue weighted by atomic mass is 16.5. The van der Waals surface area contributed by atoms with Crippen molar-refractivity contribution >= 4 is 17.9 Å². The highest BCUT2D eigenvalue weighted by molar-refractivity contribution is 5.94. The molecule has 8 nitrogen and oxygen atoms in total. The van der Waals surface area contributed by atoms with Gasteiger partial charge in [-0.25, -0.2) is 4.79 Å². The summed E-state index contributed by atoms with van der Waals surface area (Å²) in [5, 5.41) is 10.1. The Hall–Kier alpha value is -4.20. The average Bonchev–Trinajstić information content (AvgIpc) is 3.39. The number of hydrogen-bond acceptors (Lipinski definition) is 6. The molecule has 2 heterocycles. The lowest BCUT2D eigenvalue weighted by Crippen LogP contribution is -2.21. The zero-order valence-corrected chi connectivity index (χ0v) is 17.0. The fourth-order valence-electron chi connectivity index (χ4n) is 3.16. The van der Waals surface area contributed by atoms with Gasteiger partial charge in [0.05, 0.1) is 5.56 Å². The van der Waals surface area contributed by atoms with Crippen LogP contribution < -0.4 is 5.32 Å². The molecule has 0 atom stereocenters. The lowest BCUT2D eigenvalue weighted by Gasteiger charge is -2.10. The summed E-state index contributed by atoms with van der Waals surface area (Å²) in [6.45, 7) is 3.55. The Morgan fingerprint density at radius 3 is 2.29 bits per heavy atom. The monoisotopic (exact) mass is 416 g/mol. The van der Waals surface area contributed by atoms with E-state index in [1.807, 2.05) is 68.4 Å². The smallest absolute Gasteiger partial charge is 0.338 e. The van der Waals surface area contributed by atoms with Crippen LogP contribution in [0.15, 0.2) is 71.1 Å². The second-order valence-corrected chi connectivity index (χ2v) is 6.90. The minimum atomic E-state index is -0.599. The Kier molecular flexibility index (Phi) is 5.61. The third-order valence-corrected chi connectivity index (χ3v) is 4.66. The quantitative estimate of drug-likeness (QED) is 0.478. The van der Waals surface area contributed by atoms with Gasteiger partial charge in [-0.15, -0.1) is 5.10 Å². The van der Waals surface area contributed by atoms with Gasteiger partial charge in [-0.3, -0.25) is 10.1 Å². The fourth-order valence-corrected chi connectivity index (χ4v) is 3.16. The Morgan fingerprint density at radius 1 is 0.935 bits per heavy atom. The number of carbonyl (C=O) groups excluding carboxylic acids is 2. The zero-order valence-electron chi connectivity index (χ0n) is 17.0. The predicted octanol–water partition coefficient (Wildman–Crippen LogP) is 3.94. The number of amides is 1. The summed E-state index contributed by atoms with van der Waals surface area (Å²) in [4.78, 5) is 24.3. The van der Waals surface area contributed by atoms with E-state index in [4.69, 9.17) is 9.15 Å². The van der Waals surface area contributed by atoms with E-state index in [9.17, 15) is 9.59 Å². The van der Waals surface area contributed by atoms with Crippen molar-refractivity contribution in [3.05, 3.63) is 83.7 Å². The summed E-state index contributed by atoms with van der Waals surface area (Å²) in [6.07, 6.45) is 0. The van der Waals surface area contributed by atoms with E-state index in [0.717, 1.165) is 22.6 Å². The second-order valence-electron chi connectivity index (χ2n) is 6.90. The van der Waals surface area contributed by atoms with Crippen molar-refractivity contribution in [1.82, 2.24) is 14.8 Å². The van der Waals surface area contributed by atoms with E-state index >= 15 is 0 Å². The third-order valence-electron chi connectivity index (χ3n) is 4.66. The molecule has 8 heteroatoms. The maximum atomic E-state index is 12.3. The van der Waals surface area contributed by atoms with Crippen LogP contribution in [0.1, 0.15) is 21.7 Å². The fraction of sp³-hybridized carbons (Fsp3) is 0.130. The van der Waals surface area contributed by atoms with Gasteiger partial charge in [0.2, 0.25) is 5.89 Å². The van der Waals surface area contributed by atoms with E-state index in [0.29, 0.717) is 5.56 Å². The van der Waals surface area contributed by atoms with Crippen molar-refractivity contribution in [2.45, 2.75) is 13.8 Å². The zero-order chi connectivity index (χ0) is 21.8. The number of ether oxygens (including phenoxy) is 1. The van der Waals surface area contributed by atoms with Crippen LogP contribution in [-0.4, -0.2) is 33.2 Å². The Morgan fingerprint density at radius 2 is 1.61 bits per heavy atom. The van der Waals surface area contributed by atoms with E-state index < -0.39 is 18.5 Å². The molecule has 0 aliphatic carbocycles. The van der Waals surface area contributed by atoms with E-state index in [1.165, 1.54) is 0 Å². The van der Waals surface area contributed by atoms with Gasteiger partial charge in [0.25, 0.3) is 5.91 Å². The molecule has 0 saturated heterocycles. The van der Waals surface area contributed by atoms with Crippen LogP contribution in [0.2, 0.25) is 0 Å². The lowest BCUT2D eigenvalue weighted by atomic mass is 10.2. The largest absolute Gasteiger partial charge is 0.452 e. The van der Waals surface area contributed by atoms with Crippen LogP contribution in [0.4, 0.5) is 6.01 Å². The van der Waals surface area contributed by atoms with Gasteiger partial charge in [-0.05, 0) is 62.4 Å². The Balaban J connectivity index is 1.32. The first-order valence-corrected chi connectivity index (χ1v) is 9.62. The van der Waals surface area contributed by atoms with Crippen molar-refractivity contribution in [2.75, 3.05) is 11.9 Å². The highest BCUT2D eigenvalue weighted by Gasteiger charge is 2.14. The SMILES string of the molecule is Cc1ccc(C)n1-c1ccc(C(=O)OCC(=O)Nc2nnc(-c3ccccc3)o2)cc1. The van der Waals surface area contributed by atoms with Gasteiger partial charge >= 0.3 is 12.0 Å². The Labute approximate surface area is 178 Å². The van der Waals surface area contributed by atoms with E-state index in [2.05, 4.69) is 20.1 Å². The lowest BCUT2D eigenvalue weighted by molar-refractivity contribution is -0.119. The van der Waals surface area contributed by atoms with Crippen LogP contribution in [0.3, 0.4) is 0 Å². The molecule has 0 fully saturated rings. The molecule has 1 N–H and O–H groups in total. The van der Waals surface area contributed by atoms with Gasteiger partial charge < -0.3 is 13.7 Å². The van der Waals surface area contributed by atoms with Crippen LogP contribution in [0.5, 0.6) is 0 Å². The minimum Gasteiger partial charge on any atom is -0.452 e. The number of aryl methyl sites for hydroxylation is 2. The first-order chi connectivity index (χ1) is 15.0. The number of esters is 1. The number of aromatic nitrogens is 3. The van der Waals surface area contributed by atoms with Gasteiger partial charge in [0, 0.05) is 22.6 Å². The number of hydrogen-bond donors (Lipinski definition) is 1. The molecule has 0 bridgehead atoms. The second kappa shape index (κ2) is 8.66. The molecular weight excluding hydrogens is 396 g/mol. The predicted molar refractivity (Wildman–Crippen MR) is 114 cm³/mol. The van der Waals surface area contributed by atoms with Gasteiger partial charge in [0.1, 0.15) is 0 Å². The molecule has 0 radical (unpaired) electrons. The molecule has 4 aromatic rings. The van der Waals surface area contributed by atoms with Crippen molar-refractivity contribution in [3.8, 4) is 17.1 Å². The molecule has 0 spiro atoms. The van der Waals surface area contributed by atoms with Crippen molar-refractivity contribution < 1.29 is 18.7 Å². The standard InChI is InChI=1S/C23H20N4O4/c1-15-8-9-16(2)27(15)19-12-10-18(11-13-19)22(29)30-14-20(28)24-23-26-25-21(31-23)17-6-4-3-5-7-17/h3-13H,14H2,1-2H3,(H,24,26,28). The van der Waals surface area contributed by atoms with Crippen LogP contribution in [-0.2, 0) is 9.53 Å². The van der Waals surface area contributed by atoms with Crippen LogP contribution in [0.25, 0.3) is 17.1 Å². The summed E-state index contributed by atoms with van der Waals surface area (Å²) >= 11 is 0. The molecule has 0 unspecified atom stereocenters. The molecule has 156 valence electrons. The maximum Gasteiger partial charge on any atom is 0.338 e. The molecule has 0 aliphatic heterocycles. The number of nitrogens with zero attached hydrogens (tertiary/aromatic N) is 3. The van der Waals surface area contributed by atoms with Gasteiger partial charge in [-0.2, -0.15) is 0 Å². The molecule has 31 heavy (non-hydrogen) atoms. The number of carbonyl (C=O) groups is 2. The summed E-state index contributed by atoms with van der Waals surface area (Å²) in [5.41, 5.74) is 4.22. The van der Waals surface area contributed by atoms with Crippen molar-refractivity contribution in [1.29, 1.82) is 0 Å². The number of benzene rings is 2. The summed E-state index contributed by atoms with van der Waals surface area (Å²) in [6, 6.07) is 20.2. The van der Waals surface area contributed by atoms with Crippen LogP contribution >= 0.6 is 0 Å². The number of rotatable bonds is 6. The number of anilines is 1. The van der Waals surface area contributed by atoms with Crippen molar-refractivity contribution in [3.63, 3.8) is 0 Å². The molecule has 4 rings (SSSR count). The van der Waals surface area contributed by atoms with E-state index in [-0.39, 0.29) is 11.9 Å². The third kappa shape index (κ3) is 4.53. The molecular formula is C23H20N4O4. The summed E-state index contributed by atoms with van der Waals surface area (Å²) in [5.74, 6) is -0.897. The number of nitrogens with one attached hydrogen (secondary N) is 1. The van der Waals surface area contributed by atoms with Gasteiger partial charge in [-0.1, -0.05) is 23.3 Å². The molecule has 0 aliphatic rings. The minimum absolute atomic E-state index is 0.0679. The van der Waals surface area contributed by atoms with Gasteiger partial charge in [0.15, 0.2) is 6.61 Å². The first kappa shape index (κ1) is 20.1.